The van der Waals surface area contributed by atoms with E-state index in [0.717, 1.165) is 5.56 Å². The third-order valence-corrected chi connectivity index (χ3v) is 5.20. The number of aliphatic hydroxyl groups excluding tert-OH is 1. The van der Waals surface area contributed by atoms with Gasteiger partial charge in [-0.3, -0.25) is 0 Å². The third kappa shape index (κ3) is 4.86. The standard InChI is InChI=1S/C23H23NO5S/c1-4-28-18-12-15(9-10-17(18)25)13-19-21(26)20(23(27)29-5-2)22(30-19)24-16-8-6-7-14(3)11-16/h6-13,25-26H,4-5H2,1-3H3. The van der Waals surface area contributed by atoms with Crippen LogP contribution in [0, 0.1) is 6.92 Å². The first kappa shape index (κ1) is 21.5. The highest BCUT2D eigenvalue weighted by molar-refractivity contribution is 8.18. The average molecular weight is 426 g/mol. The van der Waals surface area contributed by atoms with Gasteiger partial charge >= 0.3 is 5.97 Å². The fourth-order valence-corrected chi connectivity index (χ4v) is 3.88. The maximum Gasteiger partial charge on any atom is 0.344 e. The van der Waals surface area contributed by atoms with Gasteiger partial charge in [0.25, 0.3) is 0 Å². The van der Waals surface area contributed by atoms with Crippen molar-refractivity contribution >= 4 is 34.5 Å². The molecule has 0 bridgehead atoms. The van der Waals surface area contributed by atoms with Crippen LogP contribution in [0.2, 0.25) is 0 Å². The van der Waals surface area contributed by atoms with Gasteiger partial charge in [-0.15, -0.1) is 0 Å². The quantitative estimate of drug-likeness (QED) is 0.611. The molecule has 0 fully saturated rings. The number of rotatable bonds is 6. The Labute approximate surface area is 179 Å². The molecule has 2 aromatic rings. The van der Waals surface area contributed by atoms with Gasteiger partial charge in [0.1, 0.15) is 16.4 Å². The second-order valence-corrected chi connectivity index (χ2v) is 7.50. The number of aromatic hydroxyl groups is 1. The van der Waals surface area contributed by atoms with Crippen molar-refractivity contribution < 1.29 is 24.5 Å². The van der Waals surface area contributed by atoms with Gasteiger partial charge in [0.2, 0.25) is 0 Å². The maximum absolute atomic E-state index is 12.5. The zero-order chi connectivity index (χ0) is 21.7. The molecule has 0 saturated heterocycles. The summed E-state index contributed by atoms with van der Waals surface area (Å²) < 4.78 is 10.5. The number of aliphatic imine (C=N–C) groups is 1. The predicted octanol–water partition coefficient (Wildman–Crippen LogP) is 5.29. The lowest BCUT2D eigenvalue weighted by Gasteiger charge is -2.07. The van der Waals surface area contributed by atoms with Crippen LogP contribution in [0.1, 0.15) is 25.0 Å². The second kappa shape index (κ2) is 9.54. The van der Waals surface area contributed by atoms with Crippen LogP contribution in [0.25, 0.3) is 6.08 Å². The van der Waals surface area contributed by atoms with Crippen LogP contribution in [-0.2, 0) is 9.53 Å². The van der Waals surface area contributed by atoms with E-state index in [0.29, 0.717) is 33.6 Å². The number of nitrogens with zero attached hydrogens (tertiary/aromatic N) is 1. The minimum Gasteiger partial charge on any atom is -0.506 e. The number of thioether (sulfide) groups is 1. The molecule has 1 aliphatic heterocycles. The van der Waals surface area contributed by atoms with Gasteiger partial charge in [-0.05, 0) is 62.2 Å². The lowest BCUT2D eigenvalue weighted by molar-refractivity contribution is -0.138. The molecule has 7 heteroatoms. The number of esters is 1. The van der Waals surface area contributed by atoms with Gasteiger partial charge in [-0.25, -0.2) is 9.79 Å². The van der Waals surface area contributed by atoms with Crippen molar-refractivity contribution in [1.29, 1.82) is 0 Å². The third-order valence-electron chi connectivity index (χ3n) is 4.18. The molecule has 1 aliphatic rings. The second-order valence-electron chi connectivity index (χ2n) is 6.47. The first-order chi connectivity index (χ1) is 14.4. The van der Waals surface area contributed by atoms with E-state index in [1.807, 2.05) is 38.1 Å². The van der Waals surface area contributed by atoms with E-state index in [1.165, 1.54) is 17.8 Å². The highest BCUT2D eigenvalue weighted by Crippen LogP contribution is 2.41. The molecule has 0 saturated carbocycles. The van der Waals surface area contributed by atoms with Crippen molar-refractivity contribution in [1.82, 2.24) is 0 Å². The molecule has 0 atom stereocenters. The van der Waals surface area contributed by atoms with Crippen molar-refractivity contribution in [2.75, 3.05) is 13.2 Å². The Morgan fingerprint density at radius 2 is 1.93 bits per heavy atom. The first-order valence-electron chi connectivity index (χ1n) is 9.54. The van der Waals surface area contributed by atoms with E-state index in [1.54, 1.807) is 25.1 Å². The van der Waals surface area contributed by atoms with E-state index in [4.69, 9.17) is 9.47 Å². The van der Waals surface area contributed by atoms with E-state index < -0.39 is 5.97 Å². The zero-order valence-electron chi connectivity index (χ0n) is 17.0. The smallest absolute Gasteiger partial charge is 0.344 e. The minimum atomic E-state index is -0.627. The van der Waals surface area contributed by atoms with Crippen LogP contribution >= 0.6 is 11.8 Å². The Balaban J connectivity index is 2.03. The van der Waals surface area contributed by atoms with Crippen LogP contribution < -0.4 is 4.74 Å². The lowest BCUT2D eigenvalue weighted by Crippen LogP contribution is -2.12. The van der Waals surface area contributed by atoms with Gasteiger partial charge < -0.3 is 19.7 Å². The molecule has 0 spiro atoms. The Morgan fingerprint density at radius 3 is 2.63 bits per heavy atom. The summed E-state index contributed by atoms with van der Waals surface area (Å²) in [7, 11) is 0. The fraction of sp³-hybridized carbons (Fsp3) is 0.217. The summed E-state index contributed by atoms with van der Waals surface area (Å²) in [5, 5.41) is 21.0. The van der Waals surface area contributed by atoms with Gasteiger partial charge in [0.15, 0.2) is 11.5 Å². The molecule has 6 nitrogen and oxygen atoms in total. The first-order valence-corrected chi connectivity index (χ1v) is 10.4. The maximum atomic E-state index is 12.5. The van der Waals surface area contributed by atoms with Crippen molar-refractivity contribution in [3.05, 3.63) is 69.8 Å². The van der Waals surface area contributed by atoms with E-state index in [-0.39, 0.29) is 23.7 Å². The van der Waals surface area contributed by atoms with Gasteiger partial charge in [-0.2, -0.15) is 0 Å². The molecule has 3 rings (SSSR count). The van der Waals surface area contributed by atoms with Crippen LogP contribution in [0.5, 0.6) is 11.5 Å². The molecular formula is C23H23NO5S. The fourth-order valence-electron chi connectivity index (χ4n) is 2.85. The summed E-state index contributed by atoms with van der Waals surface area (Å²) in [5.41, 5.74) is 2.45. The summed E-state index contributed by atoms with van der Waals surface area (Å²) >= 11 is 1.18. The highest BCUT2D eigenvalue weighted by atomic mass is 32.2. The molecule has 30 heavy (non-hydrogen) atoms. The molecule has 156 valence electrons. The summed E-state index contributed by atoms with van der Waals surface area (Å²) in [5.74, 6) is -0.432. The number of aryl methyl sites for hydroxylation is 1. The number of carbonyl (C=O) groups excluding carboxylic acids is 1. The van der Waals surface area contributed by atoms with E-state index in [9.17, 15) is 15.0 Å². The largest absolute Gasteiger partial charge is 0.506 e. The zero-order valence-corrected chi connectivity index (χ0v) is 17.8. The SMILES string of the molecule is CCOC(=O)C1=C(O)C(=Cc2ccc(O)c(OCC)c2)SC1=Nc1cccc(C)c1. The minimum absolute atomic E-state index is 0.0340. The summed E-state index contributed by atoms with van der Waals surface area (Å²) in [4.78, 5) is 17.5. The number of phenols is 1. The Kier molecular flexibility index (Phi) is 6.84. The molecule has 0 aromatic heterocycles. The average Bonchev–Trinajstić information content (AvgIpc) is 2.99. The molecular weight excluding hydrogens is 402 g/mol. The molecule has 2 N–H and O–H groups in total. The van der Waals surface area contributed by atoms with Crippen molar-refractivity contribution in [3.63, 3.8) is 0 Å². The van der Waals surface area contributed by atoms with Crippen LogP contribution in [0.15, 0.2) is 63.7 Å². The summed E-state index contributed by atoms with van der Waals surface area (Å²) in [6.07, 6.45) is 1.71. The number of hydrogen-bond acceptors (Lipinski definition) is 7. The Morgan fingerprint density at radius 1 is 1.13 bits per heavy atom. The van der Waals surface area contributed by atoms with Crippen molar-refractivity contribution in [2.24, 2.45) is 4.99 Å². The highest BCUT2D eigenvalue weighted by Gasteiger charge is 2.33. The number of aliphatic hydroxyl groups is 1. The van der Waals surface area contributed by atoms with Crippen LogP contribution in [0.3, 0.4) is 0 Å². The normalized spacial score (nSPS) is 16.4. The molecule has 2 aromatic carbocycles. The van der Waals surface area contributed by atoms with Crippen LogP contribution in [0.4, 0.5) is 5.69 Å². The molecule has 1 heterocycles. The summed E-state index contributed by atoms with van der Waals surface area (Å²) in [6, 6.07) is 12.4. The van der Waals surface area contributed by atoms with E-state index in [2.05, 4.69) is 4.99 Å². The molecule has 0 amide bonds. The number of phenolic OH excluding ortho intramolecular Hbond substituents is 1. The van der Waals surface area contributed by atoms with Crippen molar-refractivity contribution in [2.45, 2.75) is 20.8 Å². The van der Waals surface area contributed by atoms with Crippen molar-refractivity contribution in [3.8, 4) is 11.5 Å². The topological polar surface area (TPSA) is 88.4 Å². The number of ether oxygens (including phenoxy) is 2. The van der Waals surface area contributed by atoms with Gasteiger partial charge in [-0.1, -0.05) is 30.0 Å². The number of hydrogen-bond donors (Lipinski definition) is 2. The van der Waals surface area contributed by atoms with E-state index >= 15 is 0 Å². The molecule has 0 radical (unpaired) electrons. The lowest BCUT2D eigenvalue weighted by atomic mass is 10.1. The summed E-state index contributed by atoms with van der Waals surface area (Å²) in [6.45, 7) is 6.08. The molecule has 0 unspecified atom stereocenters. The van der Waals surface area contributed by atoms with Gasteiger partial charge in [0.05, 0.1) is 23.8 Å². The Hall–Kier alpha value is -3.19. The Bertz CT molecular complexity index is 1060. The monoisotopic (exact) mass is 425 g/mol. The van der Waals surface area contributed by atoms with Crippen LogP contribution in [-0.4, -0.2) is 34.4 Å². The number of benzene rings is 2. The predicted molar refractivity (Wildman–Crippen MR) is 119 cm³/mol. The van der Waals surface area contributed by atoms with Gasteiger partial charge in [0, 0.05) is 0 Å². The molecule has 0 aliphatic carbocycles. The number of carbonyl (C=O) groups is 1.